The Labute approximate surface area is 112 Å². The van der Waals surface area contributed by atoms with E-state index in [0.717, 1.165) is 19.8 Å². The average molecular weight is 254 g/mol. The van der Waals surface area contributed by atoms with Gasteiger partial charge in [-0.2, -0.15) is 0 Å². The molecule has 106 valence electrons. The molecule has 0 spiro atoms. The molecule has 2 aliphatic rings. The van der Waals surface area contributed by atoms with Crippen molar-refractivity contribution < 1.29 is 4.74 Å². The third-order valence-electron chi connectivity index (χ3n) is 5.24. The molecule has 2 rings (SSSR count). The van der Waals surface area contributed by atoms with Crippen molar-refractivity contribution in [2.75, 3.05) is 26.3 Å². The smallest absolute Gasteiger partial charge is 0.0483 e. The fraction of sp³-hybridized carbons (Fsp3) is 1.00. The lowest BCUT2D eigenvalue weighted by Crippen LogP contribution is -2.68. The van der Waals surface area contributed by atoms with Crippen LogP contribution in [0.4, 0.5) is 0 Å². The summed E-state index contributed by atoms with van der Waals surface area (Å²) in [6.45, 7) is 13.6. The molecule has 0 aromatic rings. The van der Waals surface area contributed by atoms with Crippen molar-refractivity contribution >= 4 is 0 Å². The van der Waals surface area contributed by atoms with Crippen LogP contribution in [0.25, 0.3) is 0 Å². The SMILES string of the molecule is CCC1CNC(C)(CC)CN1C1(C)CCOCC1. The van der Waals surface area contributed by atoms with E-state index in [4.69, 9.17) is 4.74 Å². The Morgan fingerprint density at radius 2 is 1.89 bits per heavy atom. The monoisotopic (exact) mass is 254 g/mol. The van der Waals surface area contributed by atoms with Crippen LogP contribution in [0.1, 0.15) is 53.4 Å². The molecule has 0 aromatic heterocycles. The molecular formula is C15H30N2O. The number of ether oxygens (including phenoxy) is 1. The van der Waals surface area contributed by atoms with Crippen molar-refractivity contribution in [2.45, 2.75) is 70.5 Å². The van der Waals surface area contributed by atoms with E-state index in [1.165, 1.54) is 32.2 Å². The largest absolute Gasteiger partial charge is 0.381 e. The Morgan fingerprint density at radius 1 is 1.22 bits per heavy atom. The maximum atomic E-state index is 5.56. The number of piperazine rings is 1. The van der Waals surface area contributed by atoms with Crippen LogP contribution in [0.3, 0.4) is 0 Å². The molecular weight excluding hydrogens is 224 g/mol. The second kappa shape index (κ2) is 5.48. The molecule has 2 unspecified atom stereocenters. The lowest BCUT2D eigenvalue weighted by molar-refractivity contribution is -0.0662. The van der Waals surface area contributed by atoms with Crippen LogP contribution in [0, 0.1) is 0 Å². The molecule has 0 aromatic carbocycles. The van der Waals surface area contributed by atoms with Crippen LogP contribution in [0.2, 0.25) is 0 Å². The lowest BCUT2D eigenvalue weighted by atomic mass is 9.83. The van der Waals surface area contributed by atoms with Crippen molar-refractivity contribution in [3.05, 3.63) is 0 Å². The predicted octanol–water partition coefficient (Wildman–Crippen LogP) is 2.41. The van der Waals surface area contributed by atoms with E-state index in [9.17, 15) is 0 Å². The van der Waals surface area contributed by atoms with Gasteiger partial charge in [-0.3, -0.25) is 4.90 Å². The van der Waals surface area contributed by atoms with Gasteiger partial charge in [0.1, 0.15) is 0 Å². The quantitative estimate of drug-likeness (QED) is 0.837. The van der Waals surface area contributed by atoms with Gasteiger partial charge in [0.25, 0.3) is 0 Å². The van der Waals surface area contributed by atoms with Crippen LogP contribution >= 0.6 is 0 Å². The van der Waals surface area contributed by atoms with Crippen molar-refractivity contribution in [2.24, 2.45) is 0 Å². The summed E-state index contributed by atoms with van der Waals surface area (Å²) >= 11 is 0. The van der Waals surface area contributed by atoms with E-state index in [1.54, 1.807) is 0 Å². The number of nitrogens with zero attached hydrogens (tertiary/aromatic N) is 1. The highest BCUT2D eigenvalue weighted by atomic mass is 16.5. The van der Waals surface area contributed by atoms with Gasteiger partial charge in [0.2, 0.25) is 0 Å². The molecule has 2 heterocycles. The highest BCUT2D eigenvalue weighted by Gasteiger charge is 2.43. The third kappa shape index (κ3) is 2.73. The number of hydrogen-bond acceptors (Lipinski definition) is 3. The Bertz CT molecular complexity index is 276. The summed E-state index contributed by atoms with van der Waals surface area (Å²) in [5.41, 5.74) is 0.629. The summed E-state index contributed by atoms with van der Waals surface area (Å²) in [6.07, 6.45) is 4.81. The first-order chi connectivity index (χ1) is 8.53. The van der Waals surface area contributed by atoms with Crippen LogP contribution in [-0.2, 0) is 4.74 Å². The maximum Gasteiger partial charge on any atom is 0.0483 e. The van der Waals surface area contributed by atoms with Crippen molar-refractivity contribution in [1.29, 1.82) is 0 Å². The molecule has 2 aliphatic heterocycles. The van der Waals surface area contributed by atoms with Crippen molar-refractivity contribution in [1.82, 2.24) is 10.2 Å². The summed E-state index contributed by atoms with van der Waals surface area (Å²) in [6, 6.07) is 0.688. The van der Waals surface area contributed by atoms with E-state index >= 15 is 0 Å². The van der Waals surface area contributed by atoms with Gasteiger partial charge in [-0.15, -0.1) is 0 Å². The molecule has 0 saturated carbocycles. The zero-order chi connectivity index (χ0) is 13.2. The van der Waals surface area contributed by atoms with Gasteiger partial charge in [0, 0.05) is 43.4 Å². The summed E-state index contributed by atoms with van der Waals surface area (Å²) < 4.78 is 5.56. The van der Waals surface area contributed by atoms with E-state index in [2.05, 4.69) is 37.9 Å². The second-order valence-electron chi connectivity index (χ2n) is 6.59. The number of hydrogen-bond donors (Lipinski definition) is 1. The second-order valence-corrected chi connectivity index (χ2v) is 6.59. The minimum absolute atomic E-state index is 0.285. The van der Waals surface area contributed by atoms with Crippen molar-refractivity contribution in [3.8, 4) is 0 Å². The van der Waals surface area contributed by atoms with Gasteiger partial charge in [0.15, 0.2) is 0 Å². The van der Waals surface area contributed by atoms with Gasteiger partial charge in [-0.05, 0) is 39.5 Å². The van der Waals surface area contributed by atoms with Crippen LogP contribution in [0.15, 0.2) is 0 Å². The first-order valence-corrected chi connectivity index (χ1v) is 7.62. The topological polar surface area (TPSA) is 24.5 Å². The van der Waals surface area contributed by atoms with Gasteiger partial charge < -0.3 is 10.1 Å². The summed E-state index contributed by atoms with van der Waals surface area (Å²) in [4.78, 5) is 2.79. The molecule has 3 nitrogen and oxygen atoms in total. The van der Waals surface area contributed by atoms with E-state index in [0.29, 0.717) is 11.6 Å². The minimum Gasteiger partial charge on any atom is -0.381 e. The van der Waals surface area contributed by atoms with E-state index < -0.39 is 0 Å². The standard InChI is InChI=1S/C15H30N2O/c1-5-13-11-16-14(3,6-2)12-17(13)15(4)7-9-18-10-8-15/h13,16H,5-12H2,1-4H3. The highest BCUT2D eigenvalue weighted by Crippen LogP contribution is 2.34. The number of rotatable bonds is 3. The lowest BCUT2D eigenvalue weighted by Gasteiger charge is -2.54. The Hall–Kier alpha value is -0.120. The van der Waals surface area contributed by atoms with Gasteiger partial charge >= 0.3 is 0 Å². The third-order valence-corrected chi connectivity index (χ3v) is 5.24. The fourth-order valence-corrected chi connectivity index (χ4v) is 3.37. The van der Waals surface area contributed by atoms with Crippen LogP contribution < -0.4 is 5.32 Å². The summed E-state index contributed by atoms with van der Waals surface area (Å²) in [5, 5.41) is 3.76. The van der Waals surface area contributed by atoms with Crippen molar-refractivity contribution in [3.63, 3.8) is 0 Å². The van der Waals surface area contributed by atoms with Crippen LogP contribution in [-0.4, -0.2) is 48.3 Å². The first-order valence-electron chi connectivity index (χ1n) is 7.62. The average Bonchev–Trinajstić information content (AvgIpc) is 2.40. The molecule has 1 N–H and O–H groups in total. The molecule has 0 amide bonds. The zero-order valence-electron chi connectivity index (χ0n) is 12.6. The predicted molar refractivity (Wildman–Crippen MR) is 75.9 cm³/mol. The molecule has 18 heavy (non-hydrogen) atoms. The molecule has 3 heteroatoms. The number of nitrogens with one attached hydrogen (secondary N) is 1. The van der Waals surface area contributed by atoms with E-state index in [-0.39, 0.29) is 5.54 Å². The highest BCUT2D eigenvalue weighted by molar-refractivity contribution is 5.01. The molecule has 0 radical (unpaired) electrons. The maximum absolute atomic E-state index is 5.56. The normalized spacial score (nSPS) is 37.7. The summed E-state index contributed by atoms with van der Waals surface area (Å²) in [5.74, 6) is 0. The van der Waals surface area contributed by atoms with Gasteiger partial charge in [0.05, 0.1) is 0 Å². The molecule has 2 atom stereocenters. The van der Waals surface area contributed by atoms with Gasteiger partial charge in [-0.1, -0.05) is 13.8 Å². The Morgan fingerprint density at radius 3 is 2.44 bits per heavy atom. The zero-order valence-corrected chi connectivity index (χ0v) is 12.6. The van der Waals surface area contributed by atoms with E-state index in [1.807, 2.05) is 0 Å². The summed E-state index contributed by atoms with van der Waals surface area (Å²) in [7, 11) is 0. The Balaban J connectivity index is 2.14. The fourth-order valence-electron chi connectivity index (χ4n) is 3.37. The molecule has 0 aliphatic carbocycles. The first kappa shape index (κ1) is 14.3. The molecule has 2 saturated heterocycles. The molecule has 0 bridgehead atoms. The Kier molecular flexibility index (Phi) is 4.35. The van der Waals surface area contributed by atoms with Crippen LogP contribution in [0.5, 0.6) is 0 Å². The van der Waals surface area contributed by atoms with Gasteiger partial charge in [-0.25, -0.2) is 0 Å². The minimum atomic E-state index is 0.285. The molecule has 2 fully saturated rings.